The van der Waals surface area contributed by atoms with E-state index in [4.69, 9.17) is 4.74 Å². The first-order valence-electron chi connectivity index (χ1n) is 9.34. The molecule has 1 saturated heterocycles. The number of nitrogens with one attached hydrogen (secondary N) is 2. The number of carbonyl (C=O) groups is 1. The molecule has 1 amide bonds. The van der Waals surface area contributed by atoms with Crippen molar-refractivity contribution in [3.8, 4) is 0 Å². The second-order valence-electron chi connectivity index (χ2n) is 6.71. The van der Waals surface area contributed by atoms with Gasteiger partial charge in [0.05, 0.1) is 6.33 Å². The molecule has 0 spiro atoms. The Hall–Kier alpha value is -3.08. The van der Waals surface area contributed by atoms with Crippen molar-refractivity contribution >= 4 is 22.9 Å². The predicted octanol–water partition coefficient (Wildman–Crippen LogP) is 0.194. The van der Waals surface area contributed by atoms with Gasteiger partial charge in [-0.05, 0) is 12.5 Å². The summed E-state index contributed by atoms with van der Waals surface area (Å²) in [5.74, 6) is 0.0525. The first-order valence-corrected chi connectivity index (χ1v) is 9.34. The molecule has 10 nitrogen and oxygen atoms in total. The van der Waals surface area contributed by atoms with Gasteiger partial charge in [0.1, 0.15) is 18.5 Å². The van der Waals surface area contributed by atoms with E-state index in [-0.39, 0.29) is 0 Å². The highest BCUT2D eigenvalue weighted by Gasteiger charge is 2.47. The van der Waals surface area contributed by atoms with Crippen LogP contribution in [0.5, 0.6) is 0 Å². The molecule has 1 fully saturated rings. The van der Waals surface area contributed by atoms with E-state index in [0.717, 1.165) is 5.56 Å². The normalized spacial score (nSPS) is 24.0. The first kappa shape index (κ1) is 19.2. The van der Waals surface area contributed by atoms with Crippen LogP contribution < -0.4 is 10.6 Å². The molecule has 152 valence electrons. The molecule has 4 rings (SSSR count). The number of nitrogens with zero attached hydrogens (tertiary/aromatic N) is 4. The fourth-order valence-corrected chi connectivity index (χ4v) is 3.33. The van der Waals surface area contributed by atoms with E-state index in [1.165, 1.54) is 17.2 Å². The number of likely N-dealkylation sites (N-methyl/N-ethyl adjacent to an activating group) is 1. The summed E-state index contributed by atoms with van der Waals surface area (Å²) < 4.78 is 7.15. The summed E-state index contributed by atoms with van der Waals surface area (Å²) in [5, 5.41) is 26.5. The minimum Gasteiger partial charge on any atom is -0.387 e. The van der Waals surface area contributed by atoms with Gasteiger partial charge < -0.3 is 25.6 Å². The quantitative estimate of drug-likeness (QED) is 0.462. The highest BCUT2D eigenvalue weighted by atomic mass is 16.6. The summed E-state index contributed by atoms with van der Waals surface area (Å²) in [6.45, 7) is 2.71. The molecule has 1 aliphatic heterocycles. The fraction of sp³-hybridized carbons (Fsp3) is 0.368. The number of hydrogen-bond donors (Lipinski definition) is 4. The van der Waals surface area contributed by atoms with Gasteiger partial charge in [-0.2, -0.15) is 0 Å². The maximum absolute atomic E-state index is 12.1. The lowest BCUT2D eigenvalue weighted by Gasteiger charge is -2.16. The lowest BCUT2D eigenvalue weighted by Crippen LogP contribution is -2.42. The summed E-state index contributed by atoms with van der Waals surface area (Å²) in [6.07, 6.45) is -2.01. The van der Waals surface area contributed by atoms with Crippen LogP contribution in [0.15, 0.2) is 43.0 Å². The van der Waals surface area contributed by atoms with Gasteiger partial charge in [-0.25, -0.2) is 15.0 Å². The maximum Gasteiger partial charge on any atom is 0.252 e. The third-order valence-electron chi connectivity index (χ3n) is 4.78. The Bertz CT molecular complexity index is 995. The van der Waals surface area contributed by atoms with Crippen LogP contribution >= 0.6 is 0 Å². The van der Waals surface area contributed by atoms with E-state index in [1.807, 2.05) is 30.3 Å². The number of rotatable bonds is 6. The molecule has 0 aliphatic carbocycles. The monoisotopic (exact) mass is 398 g/mol. The van der Waals surface area contributed by atoms with E-state index in [2.05, 4.69) is 25.6 Å². The molecule has 0 radical (unpaired) electrons. The molecule has 29 heavy (non-hydrogen) atoms. The molecule has 3 aromatic rings. The van der Waals surface area contributed by atoms with Crippen molar-refractivity contribution in [3.05, 3.63) is 48.5 Å². The zero-order valence-electron chi connectivity index (χ0n) is 15.8. The van der Waals surface area contributed by atoms with Crippen molar-refractivity contribution in [2.75, 3.05) is 11.9 Å². The average Bonchev–Trinajstić information content (AvgIpc) is 3.29. The van der Waals surface area contributed by atoms with E-state index >= 15 is 0 Å². The van der Waals surface area contributed by atoms with Gasteiger partial charge in [0.2, 0.25) is 0 Å². The van der Waals surface area contributed by atoms with Crippen molar-refractivity contribution in [1.82, 2.24) is 24.8 Å². The summed E-state index contributed by atoms with van der Waals surface area (Å²) in [6, 6.07) is 9.85. The van der Waals surface area contributed by atoms with Crippen molar-refractivity contribution < 1.29 is 19.7 Å². The van der Waals surface area contributed by atoms with Crippen LogP contribution in [-0.2, 0) is 16.1 Å². The molecule has 1 aromatic carbocycles. The standard InChI is InChI=1S/C19H22N6O4/c1-2-20-18(28)15-13(26)14(27)19(29-15)25-10-24-12-16(22-9-23-17(12)25)21-8-11-6-4-3-5-7-11/h3-7,9-10,13-15,19,26-27H,2,8H2,1H3,(H,20,28)(H,21,22,23)/t13-,14+,15-,19-/m1/s1. The van der Waals surface area contributed by atoms with Gasteiger partial charge in [-0.3, -0.25) is 9.36 Å². The third kappa shape index (κ3) is 3.65. The topological polar surface area (TPSA) is 134 Å². The Morgan fingerprint density at radius 2 is 1.97 bits per heavy atom. The Morgan fingerprint density at radius 3 is 2.72 bits per heavy atom. The van der Waals surface area contributed by atoms with Crippen molar-refractivity contribution in [2.24, 2.45) is 0 Å². The lowest BCUT2D eigenvalue weighted by atomic mass is 10.1. The Morgan fingerprint density at radius 1 is 1.17 bits per heavy atom. The van der Waals surface area contributed by atoms with Crippen LogP contribution in [-0.4, -0.2) is 60.5 Å². The largest absolute Gasteiger partial charge is 0.387 e. The number of fused-ring (bicyclic) bond motifs is 1. The summed E-state index contributed by atoms with van der Waals surface area (Å²) >= 11 is 0. The van der Waals surface area contributed by atoms with Crippen LogP contribution in [0, 0.1) is 0 Å². The minimum atomic E-state index is -1.36. The van der Waals surface area contributed by atoms with E-state index in [9.17, 15) is 15.0 Å². The van der Waals surface area contributed by atoms with Crippen LogP contribution in [0.4, 0.5) is 5.82 Å². The van der Waals surface area contributed by atoms with Gasteiger partial charge >= 0.3 is 0 Å². The number of hydrogen-bond acceptors (Lipinski definition) is 8. The Balaban J connectivity index is 1.58. The SMILES string of the molecule is CCNC(=O)[C@@H]1O[C@@H](n2cnc3c(NCc4ccccc4)ncnc32)[C@@H](O)[C@H]1O. The molecular weight excluding hydrogens is 376 g/mol. The number of aliphatic hydroxyl groups excluding tert-OH is 2. The van der Waals surface area contributed by atoms with Gasteiger partial charge in [0.15, 0.2) is 29.3 Å². The van der Waals surface area contributed by atoms with Gasteiger partial charge in [0, 0.05) is 13.1 Å². The van der Waals surface area contributed by atoms with Crippen LogP contribution in [0.25, 0.3) is 11.2 Å². The highest BCUT2D eigenvalue weighted by molar-refractivity contribution is 5.83. The van der Waals surface area contributed by atoms with Gasteiger partial charge in [-0.1, -0.05) is 30.3 Å². The first-order chi connectivity index (χ1) is 14.1. The second kappa shape index (κ2) is 8.11. The van der Waals surface area contributed by atoms with Crippen molar-refractivity contribution in [1.29, 1.82) is 0 Å². The summed E-state index contributed by atoms with van der Waals surface area (Å²) in [5.41, 5.74) is 2.00. The number of amides is 1. The smallest absolute Gasteiger partial charge is 0.252 e. The molecule has 3 heterocycles. The number of ether oxygens (including phenoxy) is 1. The van der Waals surface area contributed by atoms with E-state index < -0.39 is 30.4 Å². The maximum atomic E-state index is 12.1. The molecule has 4 atom stereocenters. The number of aromatic nitrogens is 4. The summed E-state index contributed by atoms with van der Waals surface area (Å²) in [7, 11) is 0. The van der Waals surface area contributed by atoms with Crippen LogP contribution in [0.2, 0.25) is 0 Å². The lowest BCUT2D eigenvalue weighted by molar-refractivity contribution is -0.137. The Kier molecular flexibility index (Phi) is 5.38. The van der Waals surface area contributed by atoms with Crippen LogP contribution in [0.3, 0.4) is 0 Å². The zero-order chi connectivity index (χ0) is 20.4. The number of anilines is 1. The number of benzene rings is 1. The minimum absolute atomic E-state index is 0.393. The number of imidazole rings is 1. The van der Waals surface area contributed by atoms with Crippen LogP contribution in [0.1, 0.15) is 18.7 Å². The Labute approximate surface area is 166 Å². The van der Waals surface area contributed by atoms with E-state index in [1.54, 1.807) is 6.92 Å². The van der Waals surface area contributed by atoms with Gasteiger partial charge in [0.25, 0.3) is 5.91 Å². The predicted molar refractivity (Wildman–Crippen MR) is 104 cm³/mol. The molecule has 10 heteroatoms. The van der Waals surface area contributed by atoms with Crippen molar-refractivity contribution in [3.63, 3.8) is 0 Å². The van der Waals surface area contributed by atoms with Gasteiger partial charge in [-0.15, -0.1) is 0 Å². The second-order valence-corrected chi connectivity index (χ2v) is 6.71. The van der Waals surface area contributed by atoms with E-state index in [0.29, 0.717) is 30.1 Å². The number of carbonyl (C=O) groups excluding carboxylic acids is 1. The molecule has 4 N–H and O–H groups in total. The molecule has 0 unspecified atom stereocenters. The zero-order valence-corrected chi connectivity index (χ0v) is 15.8. The number of aliphatic hydroxyl groups is 2. The highest BCUT2D eigenvalue weighted by Crippen LogP contribution is 2.32. The molecule has 2 aromatic heterocycles. The molecular formula is C19H22N6O4. The van der Waals surface area contributed by atoms with Crippen molar-refractivity contribution in [2.45, 2.75) is 38.0 Å². The molecule has 0 bridgehead atoms. The average molecular weight is 398 g/mol. The molecule has 1 aliphatic rings. The third-order valence-corrected chi connectivity index (χ3v) is 4.78. The summed E-state index contributed by atoms with van der Waals surface area (Å²) in [4.78, 5) is 24.9. The molecule has 0 saturated carbocycles. The fourth-order valence-electron chi connectivity index (χ4n) is 3.33.